The summed E-state index contributed by atoms with van der Waals surface area (Å²) in [6.45, 7) is 2.24. The molecule has 3 unspecified atom stereocenters. The van der Waals surface area contributed by atoms with Crippen molar-refractivity contribution in [1.29, 1.82) is 0 Å². The van der Waals surface area contributed by atoms with Crippen molar-refractivity contribution in [2.75, 3.05) is 10.6 Å². The van der Waals surface area contributed by atoms with Crippen LogP contribution < -0.4 is 16.0 Å². The zero-order valence-electron chi connectivity index (χ0n) is 15.6. The quantitative estimate of drug-likeness (QED) is 0.385. The second-order valence-electron chi connectivity index (χ2n) is 7.14. The van der Waals surface area contributed by atoms with Crippen molar-refractivity contribution >= 4 is 50.5 Å². The number of rotatable bonds is 4. The molecule has 28 heavy (non-hydrogen) atoms. The van der Waals surface area contributed by atoms with E-state index in [-0.39, 0.29) is 17.2 Å². The Hall–Kier alpha value is -2.12. The molecule has 3 rings (SSSR count). The van der Waals surface area contributed by atoms with E-state index >= 15 is 0 Å². The van der Waals surface area contributed by atoms with Crippen LogP contribution >= 0.6 is 28.1 Å². The van der Waals surface area contributed by atoms with E-state index in [0.29, 0.717) is 27.6 Å². The van der Waals surface area contributed by atoms with Crippen molar-refractivity contribution in [3.05, 3.63) is 54.1 Å². The Morgan fingerprint density at radius 2 is 1.82 bits per heavy atom. The number of thiocarbonyl (C=S) groups is 1. The molecule has 4 N–H and O–H groups in total. The summed E-state index contributed by atoms with van der Waals surface area (Å²) in [5.74, 6) is 0.130. The van der Waals surface area contributed by atoms with Gasteiger partial charge in [-0.3, -0.25) is 4.79 Å². The first-order valence-electron chi connectivity index (χ1n) is 9.33. The molecule has 1 aliphatic rings. The van der Waals surface area contributed by atoms with Gasteiger partial charge in [0.25, 0.3) is 5.91 Å². The summed E-state index contributed by atoms with van der Waals surface area (Å²) in [5.41, 5.74) is 1.64. The molecular formula is C21H24BrN3O2S. The molecule has 2 aromatic carbocycles. The minimum atomic E-state index is -0.365. The minimum Gasteiger partial charge on any atom is -0.507 e. The zero-order valence-corrected chi connectivity index (χ0v) is 18.0. The Morgan fingerprint density at radius 1 is 1.11 bits per heavy atom. The topological polar surface area (TPSA) is 73.4 Å². The second-order valence-corrected chi connectivity index (χ2v) is 8.85. The van der Waals surface area contributed by atoms with Crippen molar-refractivity contribution in [3.63, 3.8) is 0 Å². The summed E-state index contributed by atoms with van der Waals surface area (Å²) in [7, 11) is 0. The van der Waals surface area contributed by atoms with E-state index in [0.717, 1.165) is 24.9 Å². The molecule has 0 bridgehead atoms. The number of carbonyl (C=O) groups is 1. The van der Waals surface area contributed by atoms with E-state index in [1.54, 1.807) is 24.3 Å². The molecule has 2 aromatic rings. The summed E-state index contributed by atoms with van der Waals surface area (Å²) < 4.78 is 0. The molecule has 5 nitrogen and oxygen atoms in total. The summed E-state index contributed by atoms with van der Waals surface area (Å²) in [6, 6.07) is 14.1. The van der Waals surface area contributed by atoms with Crippen LogP contribution in [0.2, 0.25) is 0 Å². The highest BCUT2D eigenvalue weighted by Gasteiger charge is 2.26. The lowest BCUT2D eigenvalue weighted by molar-refractivity contribution is 0.102. The van der Waals surface area contributed by atoms with Gasteiger partial charge in [0.15, 0.2) is 5.11 Å². The van der Waals surface area contributed by atoms with Crippen LogP contribution in [0.4, 0.5) is 11.4 Å². The summed E-state index contributed by atoms with van der Waals surface area (Å²) in [6.07, 6.45) is 3.35. The highest BCUT2D eigenvalue weighted by atomic mass is 79.9. The normalized spacial score (nSPS) is 21.6. The summed E-state index contributed by atoms with van der Waals surface area (Å²) in [4.78, 5) is 12.9. The van der Waals surface area contributed by atoms with Crippen LogP contribution in [0.25, 0.3) is 0 Å². The van der Waals surface area contributed by atoms with Gasteiger partial charge in [-0.15, -0.1) is 0 Å². The maximum Gasteiger partial charge on any atom is 0.259 e. The molecule has 1 amide bonds. The van der Waals surface area contributed by atoms with Crippen molar-refractivity contribution in [2.45, 2.75) is 37.1 Å². The number of alkyl halides is 1. The third kappa shape index (κ3) is 5.45. The van der Waals surface area contributed by atoms with E-state index in [2.05, 4.69) is 38.8 Å². The van der Waals surface area contributed by atoms with Crippen LogP contribution in [-0.2, 0) is 0 Å². The van der Waals surface area contributed by atoms with Crippen LogP contribution in [-0.4, -0.2) is 27.0 Å². The first-order chi connectivity index (χ1) is 13.4. The average molecular weight is 462 g/mol. The Bertz CT molecular complexity index is 861. The molecule has 0 saturated heterocycles. The van der Waals surface area contributed by atoms with Gasteiger partial charge in [-0.1, -0.05) is 41.1 Å². The van der Waals surface area contributed by atoms with Crippen molar-refractivity contribution < 1.29 is 9.90 Å². The van der Waals surface area contributed by atoms with E-state index in [4.69, 9.17) is 12.2 Å². The Labute approximate surface area is 179 Å². The van der Waals surface area contributed by atoms with E-state index in [9.17, 15) is 9.90 Å². The molecule has 148 valence electrons. The Balaban J connectivity index is 1.59. The number of anilines is 2. The summed E-state index contributed by atoms with van der Waals surface area (Å²) >= 11 is 9.17. The largest absolute Gasteiger partial charge is 0.507 e. The van der Waals surface area contributed by atoms with Gasteiger partial charge >= 0.3 is 0 Å². The van der Waals surface area contributed by atoms with Crippen LogP contribution in [0.15, 0.2) is 48.5 Å². The van der Waals surface area contributed by atoms with Crippen LogP contribution in [0.5, 0.6) is 5.75 Å². The van der Waals surface area contributed by atoms with Crippen LogP contribution in [0, 0.1) is 5.92 Å². The average Bonchev–Trinajstić information content (AvgIpc) is 2.64. The predicted octanol–water partition coefficient (Wildman–Crippen LogP) is 4.88. The van der Waals surface area contributed by atoms with Gasteiger partial charge in [-0.05, 0) is 67.7 Å². The molecule has 3 atom stereocenters. The first-order valence-corrected chi connectivity index (χ1v) is 10.7. The highest BCUT2D eigenvalue weighted by Crippen LogP contribution is 2.29. The standard InChI is InChI=1S/C21H24BrN3O2S/c1-13-11-14(22)9-10-18(13)25-21(28)24-16-6-4-5-15(12-16)23-20(27)17-7-2-3-8-19(17)26/h2-8,12-14,18,26H,9-11H2,1H3,(H,23,27)(H2,24,25,28). The fraction of sp³-hybridized carbons (Fsp3) is 0.333. The maximum atomic E-state index is 12.4. The first kappa shape index (κ1) is 20.6. The number of aromatic hydroxyl groups is 1. The molecule has 0 spiro atoms. The Kier molecular flexibility index (Phi) is 6.91. The molecule has 0 radical (unpaired) electrons. The second kappa shape index (κ2) is 9.39. The maximum absolute atomic E-state index is 12.4. The molecule has 0 aromatic heterocycles. The number of nitrogens with one attached hydrogen (secondary N) is 3. The van der Waals surface area contributed by atoms with Gasteiger partial charge in [0.05, 0.1) is 5.56 Å². The number of amides is 1. The lowest BCUT2D eigenvalue weighted by atomic mass is 9.86. The van der Waals surface area contributed by atoms with E-state index < -0.39 is 0 Å². The van der Waals surface area contributed by atoms with Crippen molar-refractivity contribution in [2.24, 2.45) is 5.92 Å². The predicted molar refractivity (Wildman–Crippen MR) is 121 cm³/mol. The minimum absolute atomic E-state index is 0.0491. The van der Waals surface area contributed by atoms with E-state index in [1.807, 2.05) is 18.2 Å². The zero-order chi connectivity index (χ0) is 20.1. The number of hydrogen-bond acceptors (Lipinski definition) is 3. The SMILES string of the molecule is CC1CC(Br)CCC1NC(=S)Nc1cccc(NC(=O)c2ccccc2O)c1. The fourth-order valence-electron chi connectivity index (χ4n) is 3.42. The van der Waals surface area contributed by atoms with Gasteiger partial charge in [0.2, 0.25) is 0 Å². The van der Waals surface area contributed by atoms with Gasteiger partial charge in [0, 0.05) is 22.2 Å². The lowest BCUT2D eigenvalue weighted by Gasteiger charge is -2.33. The molecule has 0 heterocycles. The number of hydrogen-bond donors (Lipinski definition) is 4. The molecule has 1 saturated carbocycles. The Morgan fingerprint density at radius 3 is 2.54 bits per heavy atom. The van der Waals surface area contributed by atoms with Gasteiger partial charge < -0.3 is 21.1 Å². The van der Waals surface area contributed by atoms with Gasteiger partial charge in [-0.25, -0.2) is 0 Å². The third-order valence-electron chi connectivity index (χ3n) is 4.95. The highest BCUT2D eigenvalue weighted by molar-refractivity contribution is 9.09. The summed E-state index contributed by atoms with van der Waals surface area (Å²) in [5, 5.41) is 19.8. The number of para-hydroxylation sites is 1. The van der Waals surface area contributed by atoms with Crippen LogP contribution in [0.3, 0.4) is 0 Å². The molecule has 0 aliphatic heterocycles. The number of carbonyl (C=O) groups excluding carboxylic acids is 1. The van der Waals surface area contributed by atoms with Gasteiger partial charge in [0.1, 0.15) is 5.75 Å². The monoisotopic (exact) mass is 461 g/mol. The smallest absolute Gasteiger partial charge is 0.259 e. The molecule has 7 heteroatoms. The number of benzene rings is 2. The lowest BCUT2D eigenvalue weighted by Crippen LogP contribution is -2.44. The van der Waals surface area contributed by atoms with Crippen LogP contribution in [0.1, 0.15) is 36.5 Å². The molecular weight excluding hydrogens is 438 g/mol. The number of phenolic OH excluding ortho intramolecular Hbond substituents is 1. The molecule has 1 fully saturated rings. The third-order valence-corrected chi connectivity index (χ3v) is 6.00. The number of phenols is 1. The number of halogens is 1. The molecule has 1 aliphatic carbocycles. The fourth-order valence-corrected chi connectivity index (χ4v) is 4.54. The van der Waals surface area contributed by atoms with E-state index in [1.165, 1.54) is 6.07 Å². The van der Waals surface area contributed by atoms with Crippen molar-refractivity contribution in [3.8, 4) is 5.75 Å². The van der Waals surface area contributed by atoms with Crippen molar-refractivity contribution in [1.82, 2.24) is 5.32 Å². The van der Waals surface area contributed by atoms with Gasteiger partial charge in [-0.2, -0.15) is 0 Å².